The predicted octanol–water partition coefficient (Wildman–Crippen LogP) is 2.00. The summed E-state index contributed by atoms with van der Waals surface area (Å²) in [5.41, 5.74) is 0.726. The highest BCUT2D eigenvalue weighted by atomic mass is 16.7. The Bertz CT molecular complexity index is 490. The molecular weight excluding hydrogens is 213 g/mol. The molecule has 1 aliphatic heterocycles. The van der Waals surface area contributed by atoms with E-state index in [0.29, 0.717) is 16.9 Å². The van der Waals surface area contributed by atoms with Crippen LogP contribution in [-0.4, -0.2) is 23.3 Å². The van der Waals surface area contributed by atoms with Crippen molar-refractivity contribution in [1.29, 1.82) is 0 Å². The third kappa shape index (κ3) is 2.24. The van der Waals surface area contributed by atoms with Crippen molar-refractivity contribution in [3.05, 3.63) is 23.5 Å². The van der Waals surface area contributed by atoms with Crippen molar-refractivity contribution in [2.75, 3.05) is 0 Å². The van der Waals surface area contributed by atoms with Crippen LogP contribution in [0.3, 0.4) is 0 Å². The summed E-state index contributed by atoms with van der Waals surface area (Å²) in [6, 6.07) is 0.461. The second kappa shape index (κ2) is 3.82. The molecule has 92 valence electrons. The van der Waals surface area contributed by atoms with Gasteiger partial charge in [-0.05, 0) is 59.1 Å². The van der Waals surface area contributed by atoms with Crippen LogP contribution < -0.4 is 5.46 Å². The average Bonchev–Trinajstić information content (AvgIpc) is 2.45. The maximum atomic E-state index is 8.11. The zero-order chi connectivity index (χ0) is 14.6. The van der Waals surface area contributed by atoms with Crippen molar-refractivity contribution < 1.29 is 12.1 Å². The van der Waals surface area contributed by atoms with Crippen molar-refractivity contribution in [3.8, 4) is 0 Å². The monoisotopic (exact) mass is 235 g/mol. The first-order valence-corrected chi connectivity index (χ1v) is 5.87. The van der Waals surface area contributed by atoms with Crippen LogP contribution in [0.4, 0.5) is 0 Å². The molecule has 0 aromatic carbocycles. The first kappa shape index (κ1) is 10.1. The highest BCUT2D eigenvalue weighted by Gasteiger charge is 2.51. The highest BCUT2D eigenvalue weighted by Crippen LogP contribution is 2.36. The van der Waals surface area contributed by atoms with Crippen LogP contribution in [0.5, 0.6) is 0 Å². The molecule has 3 nitrogen and oxygen atoms in total. The fraction of sp³-hybridized carbons (Fsp3) is 0.615. The van der Waals surface area contributed by atoms with Gasteiger partial charge in [-0.25, -0.2) is 0 Å². The maximum absolute atomic E-state index is 8.11. The van der Waals surface area contributed by atoms with Crippen LogP contribution in [0.15, 0.2) is 12.1 Å². The van der Waals surface area contributed by atoms with E-state index in [1.165, 1.54) is 0 Å². The third-order valence-corrected chi connectivity index (χ3v) is 3.46. The number of pyridine rings is 1. The Kier molecular flexibility index (Phi) is 2.27. The topological polar surface area (TPSA) is 31.4 Å². The molecule has 0 saturated carbocycles. The molecule has 4 heteroatoms. The molecule has 17 heavy (non-hydrogen) atoms. The van der Waals surface area contributed by atoms with Gasteiger partial charge in [0.15, 0.2) is 0 Å². The van der Waals surface area contributed by atoms with Gasteiger partial charge in [0.05, 0.1) is 13.9 Å². The Balaban J connectivity index is 2.51. The summed E-state index contributed by atoms with van der Waals surface area (Å²) in [6.07, 6.45) is 0. The van der Waals surface area contributed by atoms with E-state index in [1.807, 2.05) is 27.7 Å². The second-order valence-corrected chi connectivity index (χ2v) is 5.53. The second-order valence-electron chi connectivity index (χ2n) is 5.53. The van der Waals surface area contributed by atoms with E-state index in [0.717, 1.165) is 0 Å². The van der Waals surface area contributed by atoms with Crippen LogP contribution in [0.1, 0.15) is 41.8 Å². The lowest BCUT2D eigenvalue weighted by atomic mass is 9.79. The molecule has 0 N–H and O–H groups in total. The van der Waals surface area contributed by atoms with E-state index < -0.39 is 18.3 Å². The minimum Gasteiger partial charge on any atom is -0.399 e. The van der Waals surface area contributed by atoms with Gasteiger partial charge < -0.3 is 9.31 Å². The first-order chi connectivity index (χ1) is 8.57. The molecule has 1 saturated heterocycles. The van der Waals surface area contributed by atoms with Gasteiger partial charge in [0, 0.05) is 11.4 Å². The number of hydrogen-bond donors (Lipinski definition) is 0. The van der Waals surface area contributed by atoms with Crippen LogP contribution in [0.2, 0.25) is 0 Å². The molecule has 1 aromatic rings. The van der Waals surface area contributed by atoms with Gasteiger partial charge in [0.1, 0.15) is 0 Å². The normalized spacial score (nSPS) is 23.5. The van der Waals surface area contributed by atoms with E-state index in [1.54, 1.807) is 13.8 Å². The lowest BCUT2D eigenvalue weighted by molar-refractivity contribution is 0.00578. The summed E-state index contributed by atoms with van der Waals surface area (Å²) >= 11 is 0. The van der Waals surface area contributed by atoms with Gasteiger partial charge in [0.2, 0.25) is 0 Å². The van der Waals surface area contributed by atoms with E-state index in [-0.39, 0.29) is 12.1 Å². The molecule has 2 rings (SSSR count). The molecule has 0 aliphatic carbocycles. The zero-order valence-corrected chi connectivity index (χ0v) is 11.3. The van der Waals surface area contributed by atoms with Gasteiger partial charge in [-0.1, -0.05) is 0 Å². The molecule has 0 spiro atoms. The predicted molar refractivity (Wildman–Crippen MR) is 69.4 cm³/mol. The third-order valence-electron chi connectivity index (χ3n) is 3.46. The summed E-state index contributed by atoms with van der Waals surface area (Å²) in [5, 5.41) is 0. The summed E-state index contributed by atoms with van der Waals surface area (Å²) in [4.78, 5) is 4.19. The van der Waals surface area contributed by atoms with Gasteiger partial charge in [0.25, 0.3) is 0 Å². The summed E-state index contributed by atoms with van der Waals surface area (Å²) < 4.78 is 28.1. The Morgan fingerprint density at radius 1 is 1.06 bits per heavy atom. The number of rotatable bonds is 1. The smallest absolute Gasteiger partial charge is 0.399 e. The highest BCUT2D eigenvalue weighted by molar-refractivity contribution is 6.62. The average molecular weight is 235 g/mol. The quantitative estimate of drug-likeness (QED) is 0.697. The van der Waals surface area contributed by atoms with Gasteiger partial charge in [-0.2, -0.15) is 0 Å². The van der Waals surface area contributed by atoms with Crippen molar-refractivity contribution in [1.82, 2.24) is 4.98 Å². The molecule has 0 radical (unpaired) electrons. The SMILES string of the molecule is [2H]c1c(C)nc(C)c([2H])c1B1OC(C)(C)C(C)(C)O1. The van der Waals surface area contributed by atoms with E-state index >= 15 is 0 Å². The largest absolute Gasteiger partial charge is 0.494 e. The Morgan fingerprint density at radius 2 is 1.47 bits per heavy atom. The van der Waals surface area contributed by atoms with Gasteiger partial charge in [-0.3, -0.25) is 4.98 Å². The Labute approximate surface area is 106 Å². The van der Waals surface area contributed by atoms with E-state index in [9.17, 15) is 0 Å². The van der Waals surface area contributed by atoms with Crippen molar-refractivity contribution in [3.63, 3.8) is 0 Å². The summed E-state index contributed by atoms with van der Waals surface area (Å²) in [5.74, 6) is 0. The van der Waals surface area contributed by atoms with Crippen LogP contribution >= 0.6 is 0 Å². The minimum atomic E-state index is -0.676. The van der Waals surface area contributed by atoms with Crippen molar-refractivity contribution in [2.24, 2.45) is 0 Å². The minimum absolute atomic E-state index is 0.231. The van der Waals surface area contributed by atoms with Crippen molar-refractivity contribution in [2.45, 2.75) is 52.7 Å². The number of hydrogen-bond acceptors (Lipinski definition) is 3. The van der Waals surface area contributed by atoms with E-state index in [2.05, 4.69) is 4.98 Å². The first-order valence-electron chi connectivity index (χ1n) is 6.87. The summed E-state index contributed by atoms with van der Waals surface area (Å²) in [6.45, 7) is 11.4. The number of aromatic nitrogens is 1. The molecule has 0 amide bonds. The van der Waals surface area contributed by atoms with Crippen LogP contribution in [0.25, 0.3) is 0 Å². The standard InChI is InChI=1S/C13H20BNO2/c1-9-7-11(8-10(2)15-9)14-16-12(3,4)13(5,6)17-14/h7-8H,1-6H3/i7D,8D. The molecule has 0 unspecified atom stereocenters. The Hall–Kier alpha value is -0.865. The molecule has 2 heterocycles. The lowest BCUT2D eigenvalue weighted by Gasteiger charge is -2.32. The van der Waals surface area contributed by atoms with Crippen LogP contribution in [0, 0.1) is 13.8 Å². The number of nitrogens with zero attached hydrogens (tertiary/aromatic N) is 1. The molecule has 1 aliphatic rings. The molecule has 0 bridgehead atoms. The van der Waals surface area contributed by atoms with Crippen molar-refractivity contribution >= 4 is 12.6 Å². The van der Waals surface area contributed by atoms with Gasteiger partial charge >= 0.3 is 7.12 Å². The van der Waals surface area contributed by atoms with Gasteiger partial charge in [-0.15, -0.1) is 0 Å². The maximum Gasteiger partial charge on any atom is 0.494 e. The summed E-state index contributed by atoms with van der Waals surface area (Å²) in [7, 11) is -0.676. The number of aryl methyl sites for hydroxylation is 2. The fourth-order valence-corrected chi connectivity index (χ4v) is 1.81. The molecular formula is C13H20BNO2. The molecule has 0 atom stereocenters. The Morgan fingerprint density at radius 3 is 1.88 bits per heavy atom. The van der Waals surface area contributed by atoms with Crippen LogP contribution in [-0.2, 0) is 9.31 Å². The van der Waals surface area contributed by atoms with E-state index in [4.69, 9.17) is 12.1 Å². The lowest BCUT2D eigenvalue weighted by Crippen LogP contribution is -2.41. The zero-order valence-electron chi connectivity index (χ0n) is 13.3. The fourth-order valence-electron chi connectivity index (χ4n) is 1.81. The molecule has 1 aromatic heterocycles. The molecule has 1 fully saturated rings.